The highest BCUT2D eigenvalue weighted by Crippen LogP contribution is 2.31. The van der Waals surface area contributed by atoms with Gasteiger partial charge in [0, 0.05) is 17.1 Å². The molecule has 1 aliphatic rings. The Labute approximate surface area is 121 Å². The van der Waals surface area contributed by atoms with Crippen molar-refractivity contribution in [1.29, 1.82) is 0 Å². The summed E-state index contributed by atoms with van der Waals surface area (Å²) in [5, 5.41) is 0. The molecule has 1 aliphatic carbocycles. The number of nitrogens with one attached hydrogen (secondary N) is 1. The van der Waals surface area contributed by atoms with Crippen molar-refractivity contribution in [1.82, 2.24) is 4.72 Å². The second-order valence-electron chi connectivity index (χ2n) is 4.65. The van der Waals surface area contributed by atoms with E-state index in [1.165, 1.54) is 13.2 Å². The topological polar surface area (TPSA) is 81.4 Å². The van der Waals surface area contributed by atoms with Crippen LogP contribution in [0.3, 0.4) is 0 Å². The normalized spacial score (nSPS) is 17.2. The molecule has 0 spiro atoms. The van der Waals surface area contributed by atoms with Crippen LogP contribution in [0.2, 0.25) is 0 Å². The number of sulfonamides is 1. The van der Waals surface area contributed by atoms with E-state index >= 15 is 0 Å². The molecule has 2 rings (SSSR count). The molecule has 19 heavy (non-hydrogen) atoms. The molecular weight excluding hydrogens is 332 g/mol. The van der Waals surface area contributed by atoms with Gasteiger partial charge in [0.05, 0.1) is 12.0 Å². The third-order valence-corrected chi connectivity index (χ3v) is 5.57. The van der Waals surface area contributed by atoms with Crippen LogP contribution in [0.25, 0.3) is 0 Å². The molecule has 1 fully saturated rings. The number of hydrogen-bond donors (Lipinski definition) is 2. The average molecular weight is 349 g/mol. The van der Waals surface area contributed by atoms with Gasteiger partial charge in [0.2, 0.25) is 10.0 Å². The molecule has 1 unspecified atom stereocenters. The van der Waals surface area contributed by atoms with Gasteiger partial charge in [-0.05, 0) is 52.9 Å². The lowest BCUT2D eigenvalue weighted by Crippen LogP contribution is -2.38. The molecular formula is C12H17BrN2O3S. The van der Waals surface area contributed by atoms with Gasteiger partial charge in [-0.3, -0.25) is 0 Å². The second-order valence-corrected chi connectivity index (χ2v) is 7.24. The summed E-state index contributed by atoms with van der Waals surface area (Å²) in [7, 11) is -2.02. The Balaban J connectivity index is 2.09. The summed E-state index contributed by atoms with van der Waals surface area (Å²) >= 11 is 3.24. The van der Waals surface area contributed by atoms with E-state index in [2.05, 4.69) is 20.7 Å². The van der Waals surface area contributed by atoms with E-state index in [1.807, 2.05) is 0 Å². The van der Waals surface area contributed by atoms with Crippen LogP contribution < -0.4 is 15.2 Å². The first-order valence-corrected chi connectivity index (χ1v) is 8.30. The van der Waals surface area contributed by atoms with E-state index in [-0.39, 0.29) is 17.5 Å². The number of nitrogens with two attached hydrogens (primary N) is 1. The molecule has 0 amide bonds. The number of hydrogen-bond acceptors (Lipinski definition) is 4. The van der Waals surface area contributed by atoms with Crippen molar-refractivity contribution >= 4 is 26.0 Å². The molecule has 1 saturated carbocycles. The minimum Gasteiger partial charge on any atom is -0.497 e. The maximum atomic E-state index is 12.2. The third-order valence-electron chi connectivity index (χ3n) is 3.17. The van der Waals surface area contributed by atoms with Gasteiger partial charge in [0.25, 0.3) is 0 Å². The van der Waals surface area contributed by atoms with Crippen molar-refractivity contribution in [3.05, 3.63) is 22.7 Å². The minimum atomic E-state index is -3.55. The molecule has 7 heteroatoms. The molecule has 0 bridgehead atoms. The zero-order valence-electron chi connectivity index (χ0n) is 10.6. The van der Waals surface area contributed by atoms with Crippen LogP contribution in [0.5, 0.6) is 5.75 Å². The highest BCUT2D eigenvalue weighted by molar-refractivity contribution is 9.10. The number of ether oxygens (including phenoxy) is 1. The fraction of sp³-hybridized carbons (Fsp3) is 0.500. The van der Waals surface area contributed by atoms with Gasteiger partial charge < -0.3 is 10.5 Å². The Morgan fingerprint density at radius 3 is 2.74 bits per heavy atom. The van der Waals surface area contributed by atoms with E-state index in [0.29, 0.717) is 16.1 Å². The summed E-state index contributed by atoms with van der Waals surface area (Å²) in [5.74, 6) is 1.06. The first-order chi connectivity index (χ1) is 8.94. The van der Waals surface area contributed by atoms with Gasteiger partial charge >= 0.3 is 0 Å². The molecule has 1 aromatic rings. The van der Waals surface area contributed by atoms with E-state index in [1.54, 1.807) is 12.1 Å². The van der Waals surface area contributed by atoms with Crippen LogP contribution in [-0.2, 0) is 10.0 Å². The number of rotatable bonds is 6. The van der Waals surface area contributed by atoms with Gasteiger partial charge in [-0.15, -0.1) is 0 Å². The molecule has 0 saturated heterocycles. The van der Waals surface area contributed by atoms with Crippen LogP contribution >= 0.6 is 15.9 Å². The summed E-state index contributed by atoms with van der Waals surface area (Å²) in [6.07, 6.45) is 2.18. The van der Waals surface area contributed by atoms with Crippen molar-refractivity contribution in [2.75, 3.05) is 13.7 Å². The van der Waals surface area contributed by atoms with Crippen LogP contribution in [0.1, 0.15) is 12.8 Å². The fourth-order valence-electron chi connectivity index (χ4n) is 1.80. The number of methoxy groups -OCH3 is 1. The summed E-state index contributed by atoms with van der Waals surface area (Å²) in [6, 6.07) is 4.63. The van der Waals surface area contributed by atoms with Crippen molar-refractivity contribution in [2.45, 2.75) is 23.8 Å². The highest BCUT2D eigenvalue weighted by atomic mass is 79.9. The molecule has 106 valence electrons. The quantitative estimate of drug-likeness (QED) is 0.815. The Morgan fingerprint density at radius 2 is 2.21 bits per heavy atom. The molecule has 5 nitrogen and oxygen atoms in total. The summed E-state index contributed by atoms with van der Waals surface area (Å²) in [4.78, 5) is 0.191. The Morgan fingerprint density at radius 1 is 1.53 bits per heavy atom. The molecule has 1 aromatic carbocycles. The van der Waals surface area contributed by atoms with Gasteiger partial charge in [0.1, 0.15) is 5.75 Å². The lowest BCUT2D eigenvalue weighted by atomic mass is 10.2. The van der Waals surface area contributed by atoms with Crippen LogP contribution in [0.15, 0.2) is 27.6 Å². The monoisotopic (exact) mass is 348 g/mol. The molecule has 0 aromatic heterocycles. The molecule has 0 heterocycles. The fourth-order valence-corrected chi connectivity index (χ4v) is 3.93. The second kappa shape index (κ2) is 5.78. The SMILES string of the molecule is COc1ccc(S(=O)(=O)NCC(N)C2CC2)c(Br)c1. The summed E-state index contributed by atoms with van der Waals surface area (Å²) in [6.45, 7) is 0.269. The number of halogens is 1. The lowest BCUT2D eigenvalue weighted by molar-refractivity contribution is 0.414. The van der Waals surface area contributed by atoms with Crippen LogP contribution in [0, 0.1) is 5.92 Å². The van der Waals surface area contributed by atoms with Gasteiger partial charge in [-0.25, -0.2) is 13.1 Å². The summed E-state index contributed by atoms with van der Waals surface area (Å²) in [5.41, 5.74) is 5.89. The van der Waals surface area contributed by atoms with Crippen molar-refractivity contribution in [3.63, 3.8) is 0 Å². The van der Waals surface area contributed by atoms with Crippen molar-refractivity contribution in [3.8, 4) is 5.75 Å². The van der Waals surface area contributed by atoms with E-state index in [0.717, 1.165) is 12.8 Å². The predicted molar refractivity (Wildman–Crippen MR) is 76.6 cm³/mol. The average Bonchev–Trinajstić information content (AvgIpc) is 3.19. The zero-order chi connectivity index (χ0) is 14.0. The molecule has 0 radical (unpaired) electrons. The largest absolute Gasteiger partial charge is 0.497 e. The maximum Gasteiger partial charge on any atom is 0.241 e. The standard InChI is InChI=1S/C12H17BrN2O3S/c1-18-9-4-5-12(10(13)6-9)19(16,17)15-7-11(14)8-2-3-8/h4-6,8,11,15H,2-3,7,14H2,1H3. The molecule has 0 aliphatic heterocycles. The lowest BCUT2D eigenvalue weighted by Gasteiger charge is -2.13. The van der Waals surface area contributed by atoms with E-state index in [9.17, 15) is 8.42 Å². The van der Waals surface area contributed by atoms with Crippen LogP contribution in [-0.4, -0.2) is 28.1 Å². The maximum absolute atomic E-state index is 12.2. The smallest absolute Gasteiger partial charge is 0.241 e. The van der Waals surface area contributed by atoms with Gasteiger partial charge in [-0.2, -0.15) is 0 Å². The first-order valence-electron chi connectivity index (χ1n) is 6.03. The molecule has 3 N–H and O–H groups in total. The van der Waals surface area contributed by atoms with Crippen molar-refractivity contribution < 1.29 is 13.2 Å². The van der Waals surface area contributed by atoms with Crippen LogP contribution in [0.4, 0.5) is 0 Å². The highest BCUT2D eigenvalue weighted by Gasteiger charge is 2.29. The Hall–Kier alpha value is -0.630. The summed E-state index contributed by atoms with van der Waals surface area (Å²) < 4.78 is 32.4. The third kappa shape index (κ3) is 3.68. The number of benzene rings is 1. The molecule has 1 atom stereocenters. The Kier molecular flexibility index (Phi) is 4.50. The minimum absolute atomic E-state index is 0.105. The zero-order valence-corrected chi connectivity index (χ0v) is 13.0. The van der Waals surface area contributed by atoms with E-state index in [4.69, 9.17) is 10.5 Å². The van der Waals surface area contributed by atoms with Gasteiger partial charge in [0.15, 0.2) is 0 Å². The van der Waals surface area contributed by atoms with Crippen molar-refractivity contribution in [2.24, 2.45) is 11.7 Å². The van der Waals surface area contributed by atoms with Gasteiger partial charge in [-0.1, -0.05) is 0 Å². The Bertz CT molecular complexity index is 558. The first kappa shape index (κ1) is 14.8. The van der Waals surface area contributed by atoms with E-state index < -0.39 is 10.0 Å². The predicted octanol–water partition coefficient (Wildman–Crippen LogP) is 1.47.